The second-order valence-electron chi connectivity index (χ2n) is 3.45. The third-order valence-electron chi connectivity index (χ3n) is 2.49. The highest BCUT2D eigenvalue weighted by molar-refractivity contribution is 5.05. The van der Waals surface area contributed by atoms with E-state index in [0.717, 1.165) is 26.3 Å². The molecule has 1 saturated carbocycles. The highest BCUT2D eigenvalue weighted by atomic mass is 16.5. The molecule has 0 bridgehead atoms. The third-order valence-corrected chi connectivity index (χ3v) is 2.49. The second kappa shape index (κ2) is 3.55. The van der Waals surface area contributed by atoms with Gasteiger partial charge in [0.1, 0.15) is 0 Å². The summed E-state index contributed by atoms with van der Waals surface area (Å²) in [5, 5.41) is 0. The van der Waals surface area contributed by atoms with E-state index in [9.17, 15) is 0 Å². The van der Waals surface area contributed by atoms with Crippen LogP contribution in [0.15, 0.2) is 0 Å². The summed E-state index contributed by atoms with van der Waals surface area (Å²) in [6, 6.07) is 0. The fourth-order valence-corrected chi connectivity index (χ4v) is 1.48. The van der Waals surface area contributed by atoms with Crippen LogP contribution in [0.5, 0.6) is 0 Å². The molecule has 1 saturated heterocycles. The van der Waals surface area contributed by atoms with Gasteiger partial charge in [-0.1, -0.05) is 0 Å². The van der Waals surface area contributed by atoms with Crippen LogP contribution in [-0.2, 0) is 4.74 Å². The van der Waals surface area contributed by atoms with Gasteiger partial charge < -0.3 is 4.74 Å². The van der Waals surface area contributed by atoms with Crippen LogP contribution in [0.2, 0.25) is 0 Å². The molecule has 2 aliphatic rings. The van der Waals surface area contributed by atoms with Gasteiger partial charge in [-0.3, -0.25) is 4.90 Å². The van der Waals surface area contributed by atoms with Gasteiger partial charge in [-0.05, 0) is 31.7 Å². The van der Waals surface area contributed by atoms with Gasteiger partial charge in [0.25, 0.3) is 0 Å². The minimum absolute atomic E-state index is 0.940. The van der Waals surface area contributed by atoms with Gasteiger partial charge in [0.05, 0.1) is 13.2 Å². The molecule has 0 N–H and O–H groups in total. The number of nitrogens with zero attached hydrogens (tertiary/aromatic N) is 1. The molecule has 0 amide bonds. The molecule has 2 heteroatoms. The maximum absolute atomic E-state index is 5.27. The van der Waals surface area contributed by atoms with E-state index in [-0.39, 0.29) is 0 Å². The van der Waals surface area contributed by atoms with Crippen molar-refractivity contribution in [2.45, 2.75) is 19.3 Å². The standard InChI is InChI=1S/C9H16NO/c1-2-9(1)3-4-10-5-7-11-8-6-10/h1-8H2. The van der Waals surface area contributed by atoms with E-state index in [4.69, 9.17) is 4.74 Å². The maximum Gasteiger partial charge on any atom is 0.0594 e. The van der Waals surface area contributed by atoms with Crippen LogP contribution in [-0.4, -0.2) is 37.7 Å². The van der Waals surface area contributed by atoms with Crippen molar-refractivity contribution in [3.63, 3.8) is 0 Å². The zero-order chi connectivity index (χ0) is 7.52. The third kappa shape index (κ3) is 2.46. The van der Waals surface area contributed by atoms with E-state index in [1.807, 2.05) is 0 Å². The molecule has 2 rings (SSSR count). The van der Waals surface area contributed by atoms with E-state index < -0.39 is 0 Å². The first-order chi connectivity index (χ1) is 5.45. The van der Waals surface area contributed by atoms with Crippen molar-refractivity contribution in [2.24, 2.45) is 0 Å². The van der Waals surface area contributed by atoms with Crippen molar-refractivity contribution in [3.8, 4) is 0 Å². The molecule has 0 aromatic carbocycles. The molecule has 2 fully saturated rings. The van der Waals surface area contributed by atoms with Crippen molar-refractivity contribution in [1.82, 2.24) is 4.90 Å². The lowest BCUT2D eigenvalue weighted by molar-refractivity contribution is 0.0382. The minimum Gasteiger partial charge on any atom is -0.379 e. The van der Waals surface area contributed by atoms with Gasteiger partial charge >= 0.3 is 0 Å². The van der Waals surface area contributed by atoms with Crippen LogP contribution in [0.25, 0.3) is 0 Å². The molecule has 1 heterocycles. The Morgan fingerprint density at radius 2 is 1.91 bits per heavy atom. The first kappa shape index (κ1) is 7.56. The van der Waals surface area contributed by atoms with Gasteiger partial charge in [-0.25, -0.2) is 0 Å². The van der Waals surface area contributed by atoms with Crippen molar-refractivity contribution in [3.05, 3.63) is 5.92 Å². The van der Waals surface area contributed by atoms with E-state index in [0.29, 0.717) is 0 Å². The average Bonchev–Trinajstić information content (AvgIpc) is 2.86. The van der Waals surface area contributed by atoms with E-state index in [2.05, 4.69) is 4.90 Å². The van der Waals surface area contributed by atoms with Gasteiger partial charge in [0.15, 0.2) is 0 Å². The Morgan fingerprint density at radius 1 is 1.18 bits per heavy atom. The Kier molecular flexibility index (Phi) is 2.44. The fraction of sp³-hybridized carbons (Fsp3) is 0.889. The zero-order valence-corrected chi connectivity index (χ0v) is 7.01. The summed E-state index contributed by atoms with van der Waals surface area (Å²) >= 11 is 0. The topological polar surface area (TPSA) is 12.5 Å². The van der Waals surface area contributed by atoms with Gasteiger partial charge in [0.2, 0.25) is 0 Å². The van der Waals surface area contributed by atoms with Gasteiger partial charge in [0, 0.05) is 13.1 Å². The quantitative estimate of drug-likeness (QED) is 0.603. The van der Waals surface area contributed by atoms with E-state index in [1.54, 1.807) is 5.92 Å². The molecular formula is C9H16NO. The average molecular weight is 154 g/mol. The van der Waals surface area contributed by atoms with E-state index in [1.165, 1.54) is 25.8 Å². The highest BCUT2D eigenvalue weighted by Crippen LogP contribution is 2.35. The number of ether oxygens (including phenoxy) is 1. The highest BCUT2D eigenvalue weighted by Gasteiger charge is 2.22. The molecular weight excluding hydrogens is 138 g/mol. The Hall–Kier alpha value is -0.0800. The van der Waals surface area contributed by atoms with Crippen LogP contribution in [0.3, 0.4) is 0 Å². The smallest absolute Gasteiger partial charge is 0.0594 e. The molecule has 0 aromatic heterocycles. The molecule has 1 aliphatic carbocycles. The molecule has 0 unspecified atom stereocenters. The number of hydrogen-bond donors (Lipinski definition) is 0. The SMILES string of the molecule is C1CN(CC[C]2CC2)CCO1. The van der Waals surface area contributed by atoms with Crippen LogP contribution < -0.4 is 0 Å². The molecule has 0 aromatic rings. The monoisotopic (exact) mass is 154 g/mol. The summed E-state index contributed by atoms with van der Waals surface area (Å²) < 4.78 is 5.27. The summed E-state index contributed by atoms with van der Waals surface area (Å²) in [5.74, 6) is 1.77. The summed E-state index contributed by atoms with van der Waals surface area (Å²) in [4.78, 5) is 2.51. The Labute approximate surface area is 68.5 Å². The lowest BCUT2D eigenvalue weighted by atomic mass is 10.2. The second-order valence-corrected chi connectivity index (χ2v) is 3.45. The van der Waals surface area contributed by atoms with Crippen molar-refractivity contribution >= 4 is 0 Å². The Balaban J connectivity index is 1.59. The largest absolute Gasteiger partial charge is 0.379 e. The first-order valence-electron chi connectivity index (χ1n) is 4.59. The normalized spacial score (nSPS) is 27.3. The molecule has 2 nitrogen and oxygen atoms in total. The lowest BCUT2D eigenvalue weighted by Gasteiger charge is -2.26. The van der Waals surface area contributed by atoms with Crippen molar-refractivity contribution in [2.75, 3.05) is 32.8 Å². The lowest BCUT2D eigenvalue weighted by Crippen LogP contribution is -2.36. The molecule has 1 radical (unpaired) electrons. The molecule has 1 aliphatic heterocycles. The maximum atomic E-state index is 5.27. The van der Waals surface area contributed by atoms with Crippen molar-refractivity contribution < 1.29 is 4.74 Å². The summed E-state index contributed by atoms with van der Waals surface area (Å²) in [6.45, 7) is 5.45. The molecule has 63 valence electrons. The molecule has 0 atom stereocenters. The number of hydrogen-bond acceptors (Lipinski definition) is 2. The summed E-state index contributed by atoms with van der Waals surface area (Å²) in [7, 11) is 0. The van der Waals surface area contributed by atoms with Crippen LogP contribution in [0, 0.1) is 5.92 Å². The predicted octanol–water partition coefficient (Wildman–Crippen LogP) is 1.08. The van der Waals surface area contributed by atoms with Crippen LogP contribution >= 0.6 is 0 Å². The molecule has 0 spiro atoms. The Morgan fingerprint density at radius 3 is 2.55 bits per heavy atom. The number of rotatable bonds is 3. The Bertz CT molecular complexity index is 117. The van der Waals surface area contributed by atoms with Crippen LogP contribution in [0.1, 0.15) is 19.3 Å². The number of morpholine rings is 1. The van der Waals surface area contributed by atoms with E-state index >= 15 is 0 Å². The predicted molar refractivity (Wildman–Crippen MR) is 44.4 cm³/mol. The molecule has 11 heavy (non-hydrogen) atoms. The summed E-state index contributed by atoms with van der Waals surface area (Å²) in [5.41, 5.74) is 0. The minimum atomic E-state index is 0.940. The summed E-state index contributed by atoms with van der Waals surface area (Å²) in [6.07, 6.45) is 4.16. The van der Waals surface area contributed by atoms with Crippen molar-refractivity contribution in [1.29, 1.82) is 0 Å². The first-order valence-corrected chi connectivity index (χ1v) is 4.59. The zero-order valence-electron chi connectivity index (χ0n) is 7.01. The van der Waals surface area contributed by atoms with Gasteiger partial charge in [-0.15, -0.1) is 0 Å². The fourth-order valence-electron chi connectivity index (χ4n) is 1.48. The van der Waals surface area contributed by atoms with Gasteiger partial charge in [-0.2, -0.15) is 0 Å². The van der Waals surface area contributed by atoms with Crippen LogP contribution in [0.4, 0.5) is 0 Å².